The van der Waals surface area contributed by atoms with Gasteiger partial charge in [0, 0.05) is 0 Å². The second-order valence-electron chi connectivity index (χ2n) is 3.40. The van der Waals surface area contributed by atoms with Crippen LogP contribution in [0.5, 0.6) is 0 Å². The number of nitrogens with one attached hydrogen (secondary N) is 1. The van der Waals surface area contributed by atoms with Gasteiger partial charge in [-0.3, -0.25) is 0 Å². The number of nitrogens with two attached hydrogens (primary N) is 1. The van der Waals surface area contributed by atoms with Crippen LogP contribution < -0.4 is 11.1 Å². The van der Waals surface area contributed by atoms with Gasteiger partial charge in [0.2, 0.25) is 5.69 Å². The summed E-state index contributed by atoms with van der Waals surface area (Å²) in [4.78, 5) is 4.59. The van der Waals surface area contributed by atoms with Crippen LogP contribution in [-0.4, -0.2) is 0 Å². The SMILES string of the molecule is [C-]#[N+]c1cc(C)sc1Nc1ccccc1N. The lowest BCUT2D eigenvalue weighted by molar-refractivity contribution is 1.60. The molecule has 1 aromatic heterocycles. The minimum Gasteiger partial charge on any atom is -0.397 e. The molecule has 0 spiro atoms. The Hall–Kier alpha value is -1.99. The third kappa shape index (κ3) is 2.00. The summed E-state index contributed by atoms with van der Waals surface area (Å²) in [6.45, 7) is 9.06. The molecule has 0 saturated heterocycles. The Labute approximate surface area is 98.4 Å². The van der Waals surface area contributed by atoms with E-state index >= 15 is 0 Å². The quantitative estimate of drug-likeness (QED) is 0.605. The Morgan fingerprint density at radius 2 is 2.12 bits per heavy atom. The highest BCUT2D eigenvalue weighted by molar-refractivity contribution is 7.16. The van der Waals surface area contributed by atoms with Crippen LogP contribution in [-0.2, 0) is 0 Å². The molecule has 0 amide bonds. The predicted octanol–water partition coefficient (Wildman–Crippen LogP) is 3.93. The van der Waals surface area contributed by atoms with Crippen LogP contribution in [0.1, 0.15) is 4.88 Å². The number of hydrogen-bond acceptors (Lipinski definition) is 3. The number of hydrogen-bond donors (Lipinski definition) is 2. The lowest BCUT2D eigenvalue weighted by atomic mass is 10.3. The van der Waals surface area contributed by atoms with E-state index in [9.17, 15) is 0 Å². The smallest absolute Gasteiger partial charge is 0.220 e. The highest BCUT2D eigenvalue weighted by atomic mass is 32.1. The summed E-state index contributed by atoms with van der Waals surface area (Å²) in [7, 11) is 0. The molecule has 1 aromatic carbocycles. The van der Waals surface area contributed by atoms with Crippen molar-refractivity contribution in [3.05, 3.63) is 46.6 Å². The van der Waals surface area contributed by atoms with Crippen molar-refractivity contribution < 1.29 is 0 Å². The first-order chi connectivity index (χ1) is 7.70. The summed E-state index contributed by atoms with van der Waals surface area (Å²) in [5, 5.41) is 4.04. The standard InChI is InChI=1S/C12H11N3S/c1-8-7-11(14-2)12(16-8)15-10-6-4-3-5-9(10)13/h3-7,15H,13H2,1H3. The summed E-state index contributed by atoms with van der Waals surface area (Å²) in [5.41, 5.74) is 8.00. The molecule has 0 unspecified atom stereocenters. The van der Waals surface area contributed by atoms with Crippen molar-refractivity contribution in [3.8, 4) is 0 Å². The second-order valence-corrected chi connectivity index (χ2v) is 4.65. The monoisotopic (exact) mass is 229 g/mol. The summed E-state index contributed by atoms with van der Waals surface area (Å²) in [5.74, 6) is 0. The van der Waals surface area contributed by atoms with E-state index in [1.165, 1.54) is 0 Å². The number of para-hydroxylation sites is 2. The predicted molar refractivity (Wildman–Crippen MR) is 69.5 cm³/mol. The van der Waals surface area contributed by atoms with Gasteiger partial charge in [0.15, 0.2) is 0 Å². The van der Waals surface area contributed by atoms with Gasteiger partial charge in [-0.05, 0) is 30.0 Å². The zero-order valence-corrected chi connectivity index (χ0v) is 9.64. The first kappa shape index (κ1) is 10.5. The Balaban J connectivity index is 2.35. The number of nitrogens with zero attached hydrogens (tertiary/aromatic N) is 1. The molecule has 0 fully saturated rings. The molecule has 3 nitrogen and oxygen atoms in total. The van der Waals surface area contributed by atoms with Gasteiger partial charge in [-0.25, -0.2) is 4.85 Å². The normalized spacial score (nSPS) is 9.75. The van der Waals surface area contributed by atoms with Gasteiger partial charge in [0.25, 0.3) is 0 Å². The van der Waals surface area contributed by atoms with E-state index in [0.29, 0.717) is 11.4 Å². The first-order valence-electron chi connectivity index (χ1n) is 4.80. The van der Waals surface area contributed by atoms with Gasteiger partial charge in [-0.15, -0.1) is 11.3 Å². The van der Waals surface area contributed by atoms with Gasteiger partial charge in [0.05, 0.1) is 22.9 Å². The first-order valence-corrected chi connectivity index (χ1v) is 5.62. The van der Waals surface area contributed by atoms with Crippen molar-refractivity contribution in [1.82, 2.24) is 0 Å². The summed E-state index contributed by atoms with van der Waals surface area (Å²) >= 11 is 1.56. The Bertz CT molecular complexity index is 552. The highest BCUT2D eigenvalue weighted by Gasteiger charge is 2.07. The molecule has 0 aliphatic heterocycles. The topological polar surface area (TPSA) is 42.4 Å². The van der Waals surface area contributed by atoms with Gasteiger partial charge >= 0.3 is 0 Å². The van der Waals surface area contributed by atoms with E-state index in [0.717, 1.165) is 15.6 Å². The average Bonchev–Trinajstić information content (AvgIpc) is 2.62. The molecule has 0 atom stereocenters. The van der Waals surface area contributed by atoms with Crippen molar-refractivity contribution in [2.75, 3.05) is 11.1 Å². The molecule has 0 bridgehead atoms. The van der Waals surface area contributed by atoms with Crippen molar-refractivity contribution in [2.45, 2.75) is 6.92 Å². The van der Waals surface area contributed by atoms with Crippen LogP contribution in [0.4, 0.5) is 22.1 Å². The molecule has 1 heterocycles. The van der Waals surface area contributed by atoms with Crippen molar-refractivity contribution >= 4 is 33.4 Å². The van der Waals surface area contributed by atoms with Gasteiger partial charge in [0.1, 0.15) is 0 Å². The number of aryl methyl sites for hydroxylation is 1. The van der Waals surface area contributed by atoms with E-state index in [1.54, 1.807) is 11.3 Å². The molecule has 3 N–H and O–H groups in total. The van der Waals surface area contributed by atoms with Crippen LogP contribution >= 0.6 is 11.3 Å². The Morgan fingerprint density at radius 1 is 1.38 bits per heavy atom. The lowest BCUT2D eigenvalue weighted by Crippen LogP contribution is -1.93. The molecular weight excluding hydrogens is 218 g/mol. The lowest BCUT2D eigenvalue weighted by Gasteiger charge is -2.07. The number of anilines is 3. The van der Waals surface area contributed by atoms with Crippen molar-refractivity contribution in [1.29, 1.82) is 0 Å². The maximum Gasteiger partial charge on any atom is 0.220 e. The fourth-order valence-corrected chi connectivity index (χ4v) is 2.27. The van der Waals surface area contributed by atoms with Crippen LogP contribution in [0.25, 0.3) is 4.85 Å². The third-order valence-electron chi connectivity index (χ3n) is 2.17. The third-order valence-corrected chi connectivity index (χ3v) is 3.12. The molecule has 0 saturated carbocycles. The highest BCUT2D eigenvalue weighted by Crippen LogP contribution is 2.37. The Morgan fingerprint density at radius 3 is 2.81 bits per heavy atom. The van der Waals surface area contributed by atoms with Gasteiger partial charge in [-0.1, -0.05) is 12.1 Å². The number of benzene rings is 1. The zero-order chi connectivity index (χ0) is 11.5. The molecule has 2 rings (SSSR count). The van der Waals surface area contributed by atoms with Crippen molar-refractivity contribution in [2.24, 2.45) is 0 Å². The molecule has 0 aliphatic carbocycles. The number of nitrogen functional groups attached to an aromatic ring is 1. The van der Waals surface area contributed by atoms with Crippen LogP contribution in [0.2, 0.25) is 0 Å². The number of thiophene rings is 1. The van der Waals surface area contributed by atoms with Crippen LogP contribution in [0, 0.1) is 13.5 Å². The molecule has 0 radical (unpaired) electrons. The summed E-state index contributed by atoms with van der Waals surface area (Å²) in [6, 6.07) is 9.41. The minimum atomic E-state index is 0.644. The molecule has 4 heteroatoms. The minimum absolute atomic E-state index is 0.644. The number of rotatable bonds is 2. The van der Waals surface area contributed by atoms with E-state index in [4.69, 9.17) is 12.3 Å². The van der Waals surface area contributed by atoms with E-state index in [1.807, 2.05) is 37.3 Å². The van der Waals surface area contributed by atoms with E-state index in [-0.39, 0.29) is 0 Å². The molecule has 0 aliphatic rings. The van der Waals surface area contributed by atoms with Crippen LogP contribution in [0.15, 0.2) is 30.3 Å². The molecular formula is C12H11N3S. The maximum absolute atomic E-state index is 7.08. The Kier molecular flexibility index (Phi) is 2.80. The van der Waals surface area contributed by atoms with E-state index in [2.05, 4.69) is 10.2 Å². The average molecular weight is 229 g/mol. The summed E-state index contributed by atoms with van der Waals surface area (Å²) < 4.78 is 0. The molecule has 2 aromatic rings. The van der Waals surface area contributed by atoms with E-state index < -0.39 is 0 Å². The largest absolute Gasteiger partial charge is 0.397 e. The summed E-state index contributed by atoms with van der Waals surface area (Å²) in [6.07, 6.45) is 0. The zero-order valence-electron chi connectivity index (χ0n) is 8.82. The fourth-order valence-electron chi connectivity index (χ4n) is 1.41. The van der Waals surface area contributed by atoms with Gasteiger partial charge in [-0.2, -0.15) is 0 Å². The van der Waals surface area contributed by atoms with Crippen LogP contribution in [0.3, 0.4) is 0 Å². The van der Waals surface area contributed by atoms with Gasteiger partial charge < -0.3 is 11.1 Å². The second kappa shape index (κ2) is 4.25. The molecule has 80 valence electrons. The molecule has 16 heavy (non-hydrogen) atoms. The fraction of sp³-hybridized carbons (Fsp3) is 0.0833. The van der Waals surface area contributed by atoms with Crippen molar-refractivity contribution in [3.63, 3.8) is 0 Å². The maximum atomic E-state index is 7.08.